The highest BCUT2D eigenvalue weighted by Crippen LogP contribution is 2.33. The van der Waals surface area contributed by atoms with Crippen LogP contribution >= 0.6 is 0 Å². The Morgan fingerprint density at radius 3 is 2.96 bits per heavy atom. The van der Waals surface area contributed by atoms with Crippen LogP contribution < -0.4 is 0 Å². The number of benzene rings is 1. The first-order valence-electron chi connectivity index (χ1n) is 9.48. The highest BCUT2D eigenvalue weighted by Gasteiger charge is 2.44. The molecule has 7 heteroatoms. The van der Waals surface area contributed by atoms with Gasteiger partial charge in [-0.3, -0.25) is 9.78 Å². The quantitative estimate of drug-likeness (QED) is 0.791. The predicted molar refractivity (Wildman–Crippen MR) is 97.4 cm³/mol. The molecule has 0 N–H and O–H groups in total. The van der Waals surface area contributed by atoms with Gasteiger partial charge in [0.05, 0.1) is 31.8 Å². The molecule has 4 rings (SSSR count). The maximum atomic E-state index is 14.0. The molecule has 2 heterocycles. The van der Waals surface area contributed by atoms with Gasteiger partial charge in [0, 0.05) is 24.5 Å². The fraction of sp³-hybridized carbons (Fsp3) is 0.429. The van der Waals surface area contributed by atoms with Crippen molar-refractivity contribution in [3.8, 4) is 0 Å². The molecule has 1 amide bonds. The lowest BCUT2D eigenvalue weighted by atomic mass is 10.1. The Morgan fingerprint density at radius 1 is 1.25 bits per heavy atom. The Hall–Kier alpha value is -2.38. The summed E-state index contributed by atoms with van der Waals surface area (Å²) in [6.45, 7) is 1.21. The average Bonchev–Trinajstić information content (AvgIpc) is 2.99. The lowest BCUT2D eigenvalue weighted by molar-refractivity contribution is -0.135. The minimum atomic E-state index is -0.962. The van der Waals surface area contributed by atoms with Crippen LogP contribution in [0.4, 0.5) is 8.78 Å². The van der Waals surface area contributed by atoms with Crippen LogP contribution in [0, 0.1) is 11.6 Å². The zero-order valence-electron chi connectivity index (χ0n) is 15.4. The SMILES string of the molecule is O=C(Cc1cccc(F)c1F)N1CCO[C@H]2CC[C@H]1[C@H]2OCc1cccnc1. The van der Waals surface area contributed by atoms with Crippen LogP contribution in [-0.4, -0.2) is 47.2 Å². The van der Waals surface area contributed by atoms with Crippen molar-refractivity contribution < 1.29 is 23.0 Å². The van der Waals surface area contributed by atoms with E-state index in [0.29, 0.717) is 19.8 Å². The van der Waals surface area contributed by atoms with Gasteiger partial charge in [-0.1, -0.05) is 18.2 Å². The number of aromatic nitrogens is 1. The van der Waals surface area contributed by atoms with E-state index in [4.69, 9.17) is 9.47 Å². The molecular weight excluding hydrogens is 366 g/mol. The van der Waals surface area contributed by atoms with Gasteiger partial charge in [0.15, 0.2) is 11.6 Å². The number of nitrogens with zero attached hydrogens (tertiary/aromatic N) is 2. The number of fused-ring (bicyclic) bond motifs is 2. The predicted octanol–water partition coefficient (Wildman–Crippen LogP) is 2.88. The summed E-state index contributed by atoms with van der Waals surface area (Å²) in [7, 11) is 0. The standard InChI is InChI=1S/C21H22F2N2O3/c22-16-5-1-4-15(20(16)23)11-19(26)25-9-10-27-18-7-6-17(25)21(18)28-13-14-3-2-8-24-12-14/h1-5,8,12,17-18,21H,6-7,9-11,13H2/t17-,18-,21+/m0/s1. The van der Waals surface area contributed by atoms with Gasteiger partial charge in [-0.05, 0) is 30.5 Å². The van der Waals surface area contributed by atoms with Gasteiger partial charge in [-0.15, -0.1) is 0 Å². The Balaban J connectivity index is 1.47. The van der Waals surface area contributed by atoms with Crippen molar-refractivity contribution in [3.63, 3.8) is 0 Å². The highest BCUT2D eigenvalue weighted by atomic mass is 19.2. The largest absolute Gasteiger partial charge is 0.374 e. The molecule has 1 aromatic carbocycles. The van der Waals surface area contributed by atoms with Gasteiger partial charge in [0.2, 0.25) is 5.91 Å². The number of hydrogen-bond donors (Lipinski definition) is 0. The van der Waals surface area contributed by atoms with Gasteiger partial charge in [0.25, 0.3) is 0 Å². The minimum absolute atomic E-state index is 0.0645. The molecule has 5 nitrogen and oxygen atoms in total. The lowest BCUT2D eigenvalue weighted by Gasteiger charge is -2.31. The second-order valence-corrected chi connectivity index (χ2v) is 7.17. The number of pyridine rings is 1. The van der Waals surface area contributed by atoms with Gasteiger partial charge in [-0.2, -0.15) is 0 Å². The number of ether oxygens (including phenoxy) is 2. The highest BCUT2D eigenvalue weighted by molar-refractivity contribution is 5.79. The first-order valence-corrected chi connectivity index (χ1v) is 9.48. The van der Waals surface area contributed by atoms with Crippen LogP contribution in [0.15, 0.2) is 42.7 Å². The lowest BCUT2D eigenvalue weighted by Crippen LogP contribution is -2.47. The number of carbonyl (C=O) groups is 1. The number of carbonyl (C=O) groups excluding carboxylic acids is 1. The zero-order chi connectivity index (χ0) is 19.5. The normalized spacial score (nSPS) is 24.2. The number of hydrogen-bond acceptors (Lipinski definition) is 4. The summed E-state index contributed by atoms with van der Waals surface area (Å²) in [5, 5.41) is 0. The molecule has 0 radical (unpaired) electrons. The van der Waals surface area contributed by atoms with Crippen molar-refractivity contribution in [3.05, 3.63) is 65.5 Å². The molecule has 1 aromatic heterocycles. The van der Waals surface area contributed by atoms with Crippen LogP contribution in [0.5, 0.6) is 0 Å². The molecule has 3 atom stereocenters. The molecule has 28 heavy (non-hydrogen) atoms. The zero-order valence-corrected chi connectivity index (χ0v) is 15.4. The Morgan fingerprint density at radius 2 is 2.14 bits per heavy atom. The fourth-order valence-corrected chi connectivity index (χ4v) is 4.04. The summed E-state index contributed by atoms with van der Waals surface area (Å²) in [5.41, 5.74) is 1.02. The smallest absolute Gasteiger partial charge is 0.227 e. The van der Waals surface area contributed by atoms with Crippen molar-refractivity contribution in [2.45, 2.75) is 44.1 Å². The third kappa shape index (κ3) is 3.91. The molecule has 2 fully saturated rings. The molecule has 2 aliphatic rings. The van der Waals surface area contributed by atoms with Crippen LogP contribution in [0.25, 0.3) is 0 Å². The molecule has 1 saturated carbocycles. The Kier molecular flexibility index (Phi) is 5.64. The van der Waals surface area contributed by atoms with Crippen molar-refractivity contribution in [2.75, 3.05) is 13.2 Å². The summed E-state index contributed by atoms with van der Waals surface area (Å²) in [4.78, 5) is 18.7. The number of rotatable bonds is 5. The summed E-state index contributed by atoms with van der Waals surface area (Å²) >= 11 is 0. The third-order valence-corrected chi connectivity index (χ3v) is 5.42. The maximum Gasteiger partial charge on any atom is 0.227 e. The third-order valence-electron chi connectivity index (χ3n) is 5.42. The van der Waals surface area contributed by atoms with E-state index in [1.165, 1.54) is 12.1 Å². The second kappa shape index (κ2) is 8.32. The van der Waals surface area contributed by atoms with Crippen LogP contribution in [0.3, 0.4) is 0 Å². The van der Waals surface area contributed by atoms with Crippen LogP contribution in [-0.2, 0) is 27.3 Å². The summed E-state index contributed by atoms with van der Waals surface area (Å²) < 4.78 is 39.5. The molecule has 0 unspecified atom stereocenters. The van der Waals surface area contributed by atoms with E-state index in [2.05, 4.69) is 4.98 Å². The molecular formula is C21H22F2N2O3. The number of amides is 1. The molecule has 1 aliphatic heterocycles. The Labute approximate surface area is 162 Å². The van der Waals surface area contributed by atoms with Gasteiger partial charge >= 0.3 is 0 Å². The monoisotopic (exact) mass is 388 g/mol. The van der Waals surface area contributed by atoms with E-state index in [1.54, 1.807) is 17.3 Å². The second-order valence-electron chi connectivity index (χ2n) is 7.17. The molecule has 1 saturated heterocycles. The fourth-order valence-electron chi connectivity index (χ4n) is 4.04. The van der Waals surface area contributed by atoms with Crippen molar-refractivity contribution in [2.24, 2.45) is 0 Å². The Bertz CT molecular complexity index is 834. The van der Waals surface area contributed by atoms with E-state index >= 15 is 0 Å². The molecule has 2 aromatic rings. The van der Waals surface area contributed by atoms with Crippen molar-refractivity contribution in [1.29, 1.82) is 0 Å². The first-order chi connectivity index (χ1) is 13.6. The van der Waals surface area contributed by atoms with E-state index in [1.807, 2.05) is 12.1 Å². The van der Waals surface area contributed by atoms with E-state index in [-0.39, 0.29) is 36.1 Å². The summed E-state index contributed by atoms with van der Waals surface area (Å²) in [6, 6.07) is 7.56. The first kappa shape index (κ1) is 19.0. The topological polar surface area (TPSA) is 51.7 Å². The van der Waals surface area contributed by atoms with Gasteiger partial charge < -0.3 is 14.4 Å². The van der Waals surface area contributed by atoms with Crippen molar-refractivity contribution in [1.82, 2.24) is 9.88 Å². The number of halogens is 2. The summed E-state index contributed by atoms with van der Waals surface area (Å²) in [6.07, 6.45) is 4.53. The van der Waals surface area contributed by atoms with Crippen LogP contribution in [0.1, 0.15) is 24.0 Å². The average molecular weight is 388 g/mol. The van der Waals surface area contributed by atoms with Gasteiger partial charge in [-0.25, -0.2) is 8.78 Å². The molecule has 148 valence electrons. The van der Waals surface area contributed by atoms with Gasteiger partial charge in [0.1, 0.15) is 6.10 Å². The minimum Gasteiger partial charge on any atom is -0.374 e. The maximum absolute atomic E-state index is 14.0. The van der Waals surface area contributed by atoms with E-state index in [0.717, 1.165) is 24.5 Å². The van der Waals surface area contributed by atoms with Crippen molar-refractivity contribution >= 4 is 5.91 Å². The molecule has 1 aliphatic carbocycles. The molecule has 0 spiro atoms. The van der Waals surface area contributed by atoms with E-state index in [9.17, 15) is 13.6 Å². The summed E-state index contributed by atoms with van der Waals surface area (Å²) in [5.74, 6) is -2.14. The van der Waals surface area contributed by atoms with E-state index < -0.39 is 11.6 Å². The van der Waals surface area contributed by atoms with Crippen LogP contribution in [0.2, 0.25) is 0 Å². The molecule has 2 bridgehead atoms.